The van der Waals surface area contributed by atoms with Gasteiger partial charge < -0.3 is 4.90 Å². The van der Waals surface area contributed by atoms with E-state index in [1.54, 1.807) is 0 Å². The molecule has 0 atom stereocenters. The van der Waals surface area contributed by atoms with Crippen LogP contribution in [0.25, 0.3) is 0 Å². The van der Waals surface area contributed by atoms with E-state index in [4.69, 9.17) is 0 Å². The highest BCUT2D eigenvalue weighted by Gasteiger charge is 2.05. The minimum Gasteiger partial charge on any atom is -0.370 e. The molecule has 0 fully saturated rings. The van der Waals surface area contributed by atoms with Gasteiger partial charge in [0.2, 0.25) is 0 Å². The first-order valence-corrected chi connectivity index (χ1v) is 9.54. The summed E-state index contributed by atoms with van der Waals surface area (Å²) in [6.45, 7) is 9.10. The quantitative estimate of drug-likeness (QED) is 0.613. The van der Waals surface area contributed by atoms with Crippen LogP contribution < -0.4 is 4.90 Å². The van der Waals surface area contributed by atoms with Crippen molar-refractivity contribution in [3.8, 4) is 11.8 Å². The van der Waals surface area contributed by atoms with Crippen molar-refractivity contribution in [1.82, 2.24) is 4.90 Å². The molecule has 142 valence electrons. The van der Waals surface area contributed by atoms with Gasteiger partial charge in [-0.3, -0.25) is 4.90 Å². The van der Waals surface area contributed by atoms with E-state index < -0.39 is 0 Å². The Morgan fingerprint density at radius 2 is 1.59 bits per heavy atom. The molecular formula is C25H32N2. The molecule has 2 aromatic carbocycles. The normalized spacial score (nSPS) is 11.5. The molecule has 2 heteroatoms. The molecule has 0 saturated carbocycles. The van der Waals surface area contributed by atoms with Gasteiger partial charge in [-0.2, -0.15) is 0 Å². The standard InChI is InChI=1S/C25H32N2/c1-25(2,3)17-10-7-11-18-26(4)20-23-15-12-16-24(19-23)27(5)21-22-13-8-6-9-14-22/h6-9,11-16,19H,18,20-21H2,1-5H3. The Morgan fingerprint density at radius 1 is 0.889 bits per heavy atom. The van der Waals surface area contributed by atoms with Crippen LogP contribution in [0.4, 0.5) is 5.69 Å². The number of nitrogens with zero attached hydrogens (tertiary/aromatic N) is 2. The molecule has 2 aromatic rings. The summed E-state index contributed by atoms with van der Waals surface area (Å²) in [7, 11) is 4.29. The lowest BCUT2D eigenvalue weighted by Crippen LogP contribution is -2.19. The lowest BCUT2D eigenvalue weighted by molar-refractivity contribution is 0.363. The topological polar surface area (TPSA) is 6.48 Å². The lowest BCUT2D eigenvalue weighted by atomic mass is 9.98. The summed E-state index contributed by atoms with van der Waals surface area (Å²) < 4.78 is 0. The van der Waals surface area contributed by atoms with Crippen LogP contribution in [0.2, 0.25) is 0 Å². The number of hydrogen-bond donors (Lipinski definition) is 0. The third-order valence-electron chi connectivity index (χ3n) is 4.13. The Labute approximate surface area is 165 Å². The molecule has 2 rings (SSSR count). The van der Waals surface area contributed by atoms with Crippen LogP contribution in [0, 0.1) is 17.3 Å². The van der Waals surface area contributed by atoms with E-state index in [0.717, 1.165) is 19.6 Å². The van der Waals surface area contributed by atoms with Gasteiger partial charge in [0.05, 0.1) is 0 Å². The Morgan fingerprint density at radius 3 is 2.30 bits per heavy atom. The number of likely N-dealkylation sites (N-methyl/N-ethyl adjacent to an activating group) is 1. The summed E-state index contributed by atoms with van der Waals surface area (Å²) in [5.74, 6) is 6.35. The fraction of sp³-hybridized carbons (Fsp3) is 0.360. The van der Waals surface area contributed by atoms with Gasteiger partial charge in [-0.1, -0.05) is 60.4 Å². The molecule has 0 aliphatic rings. The molecule has 0 unspecified atom stereocenters. The van der Waals surface area contributed by atoms with Gasteiger partial charge in [0.1, 0.15) is 0 Å². The largest absolute Gasteiger partial charge is 0.370 e. The van der Waals surface area contributed by atoms with E-state index in [2.05, 4.69) is 117 Å². The monoisotopic (exact) mass is 360 g/mol. The van der Waals surface area contributed by atoms with Crippen LogP contribution in [-0.4, -0.2) is 25.5 Å². The third kappa shape index (κ3) is 8.15. The molecule has 0 heterocycles. The molecule has 0 aromatic heterocycles. The van der Waals surface area contributed by atoms with Crippen LogP contribution >= 0.6 is 0 Å². The third-order valence-corrected chi connectivity index (χ3v) is 4.13. The van der Waals surface area contributed by atoms with Gasteiger partial charge in [-0.05, 0) is 57.2 Å². The molecular weight excluding hydrogens is 328 g/mol. The minimum absolute atomic E-state index is 0.0580. The molecule has 0 aliphatic carbocycles. The molecule has 0 radical (unpaired) electrons. The van der Waals surface area contributed by atoms with Crippen LogP contribution in [0.5, 0.6) is 0 Å². The number of hydrogen-bond acceptors (Lipinski definition) is 2. The first-order valence-electron chi connectivity index (χ1n) is 9.54. The molecule has 0 saturated heterocycles. The zero-order chi connectivity index (χ0) is 19.7. The number of rotatable bonds is 7. The van der Waals surface area contributed by atoms with Crippen molar-refractivity contribution >= 4 is 5.69 Å². The van der Waals surface area contributed by atoms with Crippen molar-refractivity contribution in [3.05, 3.63) is 77.9 Å². The SMILES string of the molecule is CN(CC=CC#CC(C)(C)C)Cc1cccc(N(C)Cc2ccccc2)c1. The average Bonchev–Trinajstić information content (AvgIpc) is 2.61. The summed E-state index contributed by atoms with van der Waals surface area (Å²) in [4.78, 5) is 4.59. The smallest absolute Gasteiger partial charge is 0.0426 e. The summed E-state index contributed by atoms with van der Waals surface area (Å²) in [5, 5.41) is 0. The van der Waals surface area contributed by atoms with Crippen molar-refractivity contribution < 1.29 is 0 Å². The molecule has 0 amide bonds. The summed E-state index contributed by atoms with van der Waals surface area (Å²) >= 11 is 0. The minimum atomic E-state index is 0.0580. The predicted molar refractivity (Wildman–Crippen MR) is 118 cm³/mol. The maximum Gasteiger partial charge on any atom is 0.0426 e. The van der Waals surface area contributed by atoms with E-state index in [-0.39, 0.29) is 5.41 Å². The number of benzene rings is 2. The zero-order valence-electron chi connectivity index (χ0n) is 17.4. The van der Waals surface area contributed by atoms with Crippen LogP contribution in [0.15, 0.2) is 66.7 Å². The second kappa shape index (κ2) is 10.00. The lowest BCUT2D eigenvalue weighted by Gasteiger charge is -2.21. The zero-order valence-corrected chi connectivity index (χ0v) is 17.4. The van der Waals surface area contributed by atoms with Gasteiger partial charge >= 0.3 is 0 Å². The van der Waals surface area contributed by atoms with Gasteiger partial charge in [-0.25, -0.2) is 0 Å². The fourth-order valence-electron chi connectivity index (χ4n) is 2.77. The first kappa shape index (κ1) is 20.8. The van der Waals surface area contributed by atoms with Crippen molar-refractivity contribution in [1.29, 1.82) is 0 Å². The highest BCUT2D eigenvalue weighted by molar-refractivity contribution is 5.48. The maximum atomic E-state index is 3.22. The molecule has 0 spiro atoms. The second-order valence-electron chi connectivity index (χ2n) is 8.13. The van der Waals surface area contributed by atoms with Crippen molar-refractivity contribution in [2.75, 3.05) is 25.5 Å². The van der Waals surface area contributed by atoms with Crippen molar-refractivity contribution in [2.45, 2.75) is 33.9 Å². The van der Waals surface area contributed by atoms with Gasteiger partial charge in [0.15, 0.2) is 0 Å². The van der Waals surface area contributed by atoms with Gasteiger partial charge in [0.25, 0.3) is 0 Å². The van der Waals surface area contributed by atoms with E-state index >= 15 is 0 Å². The van der Waals surface area contributed by atoms with Gasteiger partial charge in [-0.15, -0.1) is 0 Å². The molecule has 0 N–H and O–H groups in total. The second-order valence-corrected chi connectivity index (χ2v) is 8.13. The molecule has 0 aliphatic heterocycles. The van der Waals surface area contributed by atoms with E-state index in [0.29, 0.717) is 0 Å². The Balaban J connectivity index is 1.90. The summed E-state index contributed by atoms with van der Waals surface area (Å²) in [6, 6.07) is 19.4. The Bertz CT molecular complexity index is 788. The number of anilines is 1. The van der Waals surface area contributed by atoms with Crippen molar-refractivity contribution in [3.63, 3.8) is 0 Å². The molecule has 27 heavy (non-hydrogen) atoms. The van der Waals surface area contributed by atoms with Crippen LogP contribution in [-0.2, 0) is 13.1 Å². The fourth-order valence-corrected chi connectivity index (χ4v) is 2.77. The van der Waals surface area contributed by atoms with Crippen LogP contribution in [0.3, 0.4) is 0 Å². The molecule has 0 bridgehead atoms. The Hall–Kier alpha value is -2.50. The highest BCUT2D eigenvalue weighted by atomic mass is 15.1. The molecule has 2 nitrogen and oxygen atoms in total. The van der Waals surface area contributed by atoms with E-state index in [9.17, 15) is 0 Å². The average molecular weight is 361 g/mol. The Kier molecular flexibility index (Phi) is 7.70. The van der Waals surface area contributed by atoms with Crippen molar-refractivity contribution in [2.24, 2.45) is 5.41 Å². The summed E-state index contributed by atoms with van der Waals surface area (Å²) in [6.07, 6.45) is 4.09. The first-order chi connectivity index (χ1) is 12.8. The van der Waals surface area contributed by atoms with E-state index in [1.165, 1.54) is 16.8 Å². The maximum absolute atomic E-state index is 3.22. The van der Waals surface area contributed by atoms with E-state index in [1.807, 2.05) is 6.08 Å². The number of allylic oxidation sites excluding steroid dienone is 1. The summed E-state index contributed by atoms with van der Waals surface area (Å²) in [5.41, 5.74) is 3.95. The predicted octanol–water partition coefficient (Wildman–Crippen LogP) is 5.36. The van der Waals surface area contributed by atoms with Gasteiger partial charge in [0, 0.05) is 37.8 Å². The van der Waals surface area contributed by atoms with Crippen LogP contribution in [0.1, 0.15) is 31.9 Å². The highest BCUT2D eigenvalue weighted by Crippen LogP contribution is 2.18.